The Balaban J connectivity index is 1.54. The molecule has 0 saturated carbocycles. The average Bonchev–Trinajstić information content (AvgIpc) is 3.45. The van der Waals surface area contributed by atoms with Crippen LogP contribution in [0.3, 0.4) is 0 Å². The SMILES string of the molecule is COc1ccc(CN(Cc2ccc(F)cc2)Cc2nc(C(=O)N(CCN(C)C)Cc3ccccc3)cs2)c(OC)c1. The minimum absolute atomic E-state index is 0.0832. The van der Waals surface area contributed by atoms with Crippen molar-refractivity contribution in [3.8, 4) is 11.5 Å². The summed E-state index contributed by atoms with van der Waals surface area (Å²) in [5.74, 6) is 1.09. The van der Waals surface area contributed by atoms with E-state index in [4.69, 9.17) is 14.5 Å². The predicted molar refractivity (Wildman–Crippen MR) is 161 cm³/mol. The average molecular weight is 577 g/mol. The number of ether oxygens (including phenoxy) is 2. The van der Waals surface area contributed by atoms with Gasteiger partial charge in [-0.15, -0.1) is 11.3 Å². The Morgan fingerprint density at radius 3 is 2.27 bits per heavy atom. The van der Waals surface area contributed by atoms with Crippen LogP contribution in [-0.4, -0.2) is 67.0 Å². The monoisotopic (exact) mass is 576 g/mol. The number of likely N-dealkylation sites (N-methyl/N-ethyl adjacent to an activating group) is 1. The minimum Gasteiger partial charge on any atom is -0.497 e. The van der Waals surface area contributed by atoms with Crippen molar-refractivity contribution in [2.45, 2.75) is 26.2 Å². The molecule has 0 bridgehead atoms. The lowest BCUT2D eigenvalue weighted by molar-refractivity contribution is 0.0726. The summed E-state index contributed by atoms with van der Waals surface area (Å²) in [6, 6.07) is 22.3. The van der Waals surface area contributed by atoms with Crippen molar-refractivity contribution in [3.63, 3.8) is 0 Å². The molecule has 0 spiro atoms. The van der Waals surface area contributed by atoms with Crippen LogP contribution < -0.4 is 9.47 Å². The van der Waals surface area contributed by atoms with Gasteiger partial charge in [0.1, 0.15) is 28.0 Å². The summed E-state index contributed by atoms with van der Waals surface area (Å²) in [5.41, 5.74) is 3.49. The van der Waals surface area contributed by atoms with Crippen molar-refractivity contribution in [3.05, 3.63) is 111 Å². The maximum Gasteiger partial charge on any atom is 0.273 e. The van der Waals surface area contributed by atoms with E-state index >= 15 is 0 Å². The molecule has 41 heavy (non-hydrogen) atoms. The number of rotatable bonds is 14. The summed E-state index contributed by atoms with van der Waals surface area (Å²) < 4.78 is 24.6. The van der Waals surface area contributed by atoms with Crippen molar-refractivity contribution in [1.82, 2.24) is 19.7 Å². The molecule has 9 heteroatoms. The van der Waals surface area contributed by atoms with Crippen LogP contribution in [0.15, 0.2) is 78.2 Å². The van der Waals surface area contributed by atoms with Crippen molar-refractivity contribution in [1.29, 1.82) is 0 Å². The molecule has 0 saturated heterocycles. The van der Waals surface area contributed by atoms with Crippen LogP contribution >= 0.6 is 11.3 Å². The third-order valence-corrected chi connectivity index (χ3v) is 7.49. The summed E-state index contributed by atoms with van der Waals surface area (Å²) >= 11 is 1.47. The number of aromatic nitrogens is 1. The zero-order valence-electron chi connectivity index (χ0n) is 24.0. The first kappa shape index (κ1) is 30.2. The van der Waals surface area contributed by atoms with Gasteiger partial charge in [0.15, 0.2) is 0 Å². The maximum atomic E-state index is 13.6. The highest BCUT2D eigenvalue weighted by Crippen LogP contribution is 2.27. The van der Waals surface area contributed by atoms with E-state index in [0.29, 0.717) is 44.2 Å². The smallest absolute Gasteiger partial charge is 0.273 e. The first-order valence-corrected chi connectivity index (χ1v) is 14.3. The number of amides is 1. The van der Waals surface area contributed by atoms with Gasteiger partial charge in [-0.05, 0) is 43.4 Å². The molecular weight excluding hydrogens is 539 g/mol. The molecule has 3 aromatic carbocycles. The van der Waals surface area contributed by atoms with Gasteiger partial charge in [0.05, 0.1) is 20.8 Å². The highest BCUT2D eigenvalue weighted by atomic mass is 32.1. The maximum absolute atomic E-state index is 13.6. The quantitative estimate of drug-likeness (QED) is 0.192. The molecule has 0 N–H and O–H groups in total. The first-order valence-electron chi connectivity index (χ1n) is 13.4. The van der Waals surface area contributed by atoms with Crippen molar-refractivity contribution in [2.24, 2.45) is 0 Å². The van der Waals surface area contributed by atoms with Gasteiger partial charge in [0, 0.05) is 49.7 Å². The van der Waals surface area contributed by atoms with Gasteiger partial charge in [-0.25, -0.2) is 9.37 Å². The van der Waals surface area contributed by atoms with E-state index in [0.717, 1.165) is 34.0 Å². The molecule has 0 aliphatic heterocycles. The second kappa shape index (κ2) is 14.7. The van der Waals surface area contributed by atoms with Crippen LogP contribution in [0.25, 0.3) is 0 Å². The Morgan fingerprint density at radius 1 is 0.854 bits per heavy atom. The molecular formula is C32H37FN4O3S. The van der Waals surface area contributed by atoms with E-state index in [9.17, 15) is 9.18 Å². The van der Waals surface area contributed by atoms with Crippen LogP contribution in [0, 0.1) is 5.82 Å². The van der Waals surface area contributed by atoms with E-state index in [-0.39, 0.29) is 11.7 Å². The molecule has 0 fully saturated rings. The number of carbonyl (C=O) groups is 1. The summed E-state index contributed by atoms with van der Waals surface area (Å²) in [6.07, 6.45) is 0. The summed E-state index contributed by atoms with van der Waals surface area (Å²) in [5, 5.41) is 2.67. The van der Waals surface area contributed by atoms with E-state index in [1.807, 2.05) is 72.9 Å². The standard InChI is InChI=1S/C32H37FN4O3S/c1-35(2)16-17-37(20-24-8-6-5-7-9-24)32(38)29-23-41-31(34-29)22-36(19-25-10-13-27(33)14-11-25)21-26-12-15-28(39-3)18-30(26)40-4/h5-15,18,23H,16-17,19-22H2,1-4H3. The largest absolute Gasteiger partial charge is 0.497 e. The van der Waals surface area contributed by atoms with Crippen molar-refractivity contribution < 1.29 is 18.7 Å². The van der Waals surface area contributed by atoms with E-state index < -0.39 is 0 Å². The van der Waals surface area contributed by atoms with Gasteiger partial charge >= 0.3 is 0 Å². The molecule has 7 nitrogen and oxygen atoms in total. The van der Waals surface area contributed by atoms with Gasteiger partial charge in [-0.1, -0.05) is 48.5 Å². The third kappa shape index (κ3) is 8.85. The van der Waals surface area contributed by atoms with Crippen LogP contribution in [0.4, 0.5) is 4.39 Å². The Labute approximate surface area is 245 Å². The number of carbonyl (C=O) groups excluding carboxylic acids is 1. The Bertz CT molecular complexity index is 1400. The molecule has 0 atom stereocenters. The fraction of sp³-hybridized carbons (Fsp3) is 0.312. The van der Waals surface area contributed by atoms with Gasteiger partial charge in [-0.3, -0.25) is 9.69 Å². The minimum atomic E-state index is -0.269. The molecule has 4 aromatic rings. The van der Waals surface area contributed by atoms with Crippen LogP contribution in [-0.2, 0) is 26.2 Å². The Hall–Kier alpha value is -3.79. The molecule has 0 unspecified atom stereocenters. The lowest BCUT2D eigenvalue weighted by atomic mass is 10.1. The van der Waals surface area contributed by atoms with Crippen molar-refractivity contribution >= 4 is 17.2 Å². The predicted octanol–water partition coefficient (Wildman–Crippen LogP) is 5.71. The third-order valence-electron chi connectivity index (χ3n) is 6.66. The summed E-state index contributed by atoms with van der Waals surface area (Å²) in [7, 11) is 7.26. The number of benzene rings is 3. The lowest BCUT2D eigenvalue weighted by Crippen LogP contribution is -2.36. The molecule has 1 heterocycles. The van der Waals surface area contributed by atoms with Crippen LogP contribution in [0.5, 0.6) is 11.5 Å². The molecule has 4 rings (SSSR count). The van der Waals surface area contributed by atoms with E-state index in [1.165, 1.54) is 23.5 Å². The molecule has 1 amide bonds. The highest BCUT2D eigenvalue weighted by Gasteiger charge is 2.21. The van der Waals surface area contributed by atoms with Crippen molar-refractivity contribution in [2.75, 3.05) is 41.4 Å². The fourth-order valence-corrected chi connectivity index (χ4v) is 5.26. The van der Waals surface area contributed by atoms with Crippen LogP contribution in [0.1, 0.15) is 32.2 Å². The molecule has 0 radical (unpaired) electrons. The normalized spacial score (nSPS) is 11.2. The number of nitrogens with zero attached hydrogens (tertiary/aromatic N) is 4. The van der Waals surface area contributed by atoms with Gasteiger partial charge in [0.2, 0.25) is 0 Å². The Kier molecular flexibility index (Phi) is 10.8. The van der Waals surface area contributed by atoms with Gasteiger partial charge in [0.25, 0.3) is 5.91 Å². The zero-order chi connectivity index (χ0) is 29.2. The molecule has 0 aliphatic rings. The zero-order valence-corrected chi connectivity index (χ0v) is 24.9. The summed E-state index contributed by atoms with van der Waals surface area (Å²) in [4.78, 5) is 24.5. The number of hydrogen-bond acceptors (Lipinski definition) is 7. The molecule has 0 aliphatic carbocycles. The van der Waals surface area contributed by atoms with E-state index in [1.54, 1.807) is 26.4 Å². The number of hydrogen-bond donors (Lipinski definition) is 0. The van der Waals surface area contributed by atoms with Gasteiger partial charge < -0.3 is 19.3 Å². The lowest BCUT2D eigenvalue weighted by Gasteiger charge is -2.24. The topological polar surface area (TPSA) is 58.1 Å². The highest BCUT2D eigenvalue weighted by molar-refractivity contribution is 7.09. The molecule has 1 aromatic heterocycles. The number of halogens is 1. The van der Waals surface area contributed by atoms with Gasteiger partial charge in [-0.2, -0.15) is 0 Å². The number of methoxy groups -OCH3 is 2. The summed E-state index contributed by atoms with van der Waals surface area (Å²) in [6.45, 7) is 3.53. The van der Waals surface area contributed by atoms with E-state index in [2.05, 4.69) is 9.80 Å². The van der Waals surface area contributed by atoms with Crippen LogP contribution in [0.2, 0.25) is 0 Å². The second-order valence-electron chi connectivity index (χ2n) is 10.1. The Morgan fingerprint density at radius 2 is 1.59 bits per heavy atom. The fourth-order valence-electron chi connectivity index (χ4n) is 4.45. The molecule has 216 valence electrons. The first-order chi connectivity index (χ1) is 19.8. The number of thiazole rings is 1. The second-order valence-corrected chi connectivity index (χ2v) is 11.0.